The topological polar surface area (TPSA) is 95.9 Å². The molecule has 0 radical (unpaired) electrons. The number of amides is 1. The number of hydrogen-bond acceptors (Lipinski definition) is 6. The van der Waals surface area contributed by atoms with Gasteiger partial charge in [-0.3, -0.25) is 9.69 Å². The highest BCUT2D eigenvalue weighted by molar-refractivity contribution is 7.86. The first-order valence-corrected chi connectivity index (χ1v) is 10.8. The summed E-state index contributed by atoms with van der Waals surface area (Å²) in [7, 11) is 1.17. The van der Waals surface area contributed by atoms with E-state index in [4.69, 9.17) is 14.7 Å². The first kappa shape index (κ1) is 21.1. The minimum atomic E-state index is -3.50. The van der Waals surface area contributed by atoms with Crippen molar-refractivity contribution in [1.82, 2.24) is 18.6 Å². The standard InChI is InChI=1S/C18H29N5O4S/c1-13-14-11-15(24)23(9-10-27-5)16(14)20-17(19-13)18(2)7-6-8-22(12-18)28(25,26)21(3)4/h6-12H2,1-5H3/t18-/m0/s1. The van der Waals surface area contributed by atoms with Crippen LogP contribution in [0.25, 0.3) is 0 Å². The summed E-state index contributed by atoms with van der Waals surface area (Å²) in [5.74, 6) is 1.23. The molecule has 10 heteroatoms. The number of rotatable bonds is 6. The Kier molecular flexibility index (Phi) is 5.77. The predicted molar refractivity (Wildman–Crippen MR) is 105 cm³/mol. The molecular formula is C18H29N5O4S. The van der Waals surface area contributed by atoms with Gasteiger partial charge in [0.2, 0.25) is 5.91 Å². The second kappa shape index (κ2) is 7.66. The van der Waals surface area contributed by atoms with E-state index >= 15 is 0 Å². The molecule has 0 aromatic carbocycles. The van der Waals surface area contributed by atoms with Crippen LogP contribution in [0.4, 0.5) is 5.82 Å². The maximum absolute atomic E-state index is 12.6. The molecule has 3 rings (SSSR count). The summed E-state index contributed by atoms with van der Waals surface area (Å²) in [5, 5.41) is 0. The fourth-order valence-electron chi connectivity index (χ4n) is 3.86. The van der Waals surface area contributed by atoms with Crippen LogP contribution >= 0.6 is 0 Å². The molecule has 28 heavy (non-hydrogen) atoms. The third-order valence-electron chi connectivity index (χ3n) is 5.58. The van der Waals surface area contributed by atoms with Gasteiger partial charge in [-0.15, -0.1) is 0 Å². The van der Waals surface area contributed by atoms with Gasteiger partial charge in [0.05, 0.1) is 19.6 Å². The van der Waals surface area contributed by atoms with Gasteiger partial charge in [-0.25, -0.2) is 9.97 Å². The molecule has 1 aromatic heterocycles. The largest absolute Gasteiger partial charge is 0.383 e. The molecule has 2 aliphatic heterocycles. The van der Waals surface area contributed by atoms with Gasteiger partial charge in [0.25, 0.3) is 10.2 Å². The summed E-state index contributed by atoms with van der Waals surface area (Å²) in [4.78, 5) is 23.5. The Morgan fingerprint density at radius 1 is 1.29 bits per heavy atom. The van der Waals surface area contributed by atoms with E-state index in [2.05, 4.69) is 0 Å². The summed E-state index contributed by atoms with van der Waals surface area (Å²) in [5.41, 5.74) is 1.11. The fraction of sp³-hybridized carbons (Fsp3) is 0.722. The average molecular weight is 412 g/mol. The highest BCUT2D eigenvalue weighted by atomic mass is 32.2. The maximum Gasteiger partial charge on any atom is 0.281 e. The van der Waals surface area contributed by atoms with Crippen molar-refractivity contribution in [3.05, 3.63) is 17.1 Å². The molecule has 0 spiro atoms. The second-order valence-corrected chi connectivity index (χ2v) is 10.1. The number of carbonyl (C=O) groups is 1. The summed E-state index contributed by atoms with van der Waals surface area (Å²) < 4.78 is 33.1. The monoisotopic (exact) mass is 411 g/mol. The first-order valence-electron chi connectivity index (χ1n) is 9.45. The molecule has 1 saturated heterocycles. The molecule has 9 nitrogen and oxygen atoms in total. The molecule has 0 aliphatic carbocycles. The van der Waals surface area contributed by atoms with Crippen molar-refractivity contribution in [2.45, 2.75) is 38.5 Å². The van der Waals surface area contributed by atoms with Gasteiger partial charge in [-0.05, 0) is 19.8 Å². The van der Waals surface area contributed by atoms with Crippen LogP contribution in [0.1, 0.15) is 36.8 Å². The lowest BCUT2D eigenvalue weighted by molar-refractivity contribution is -0.117. The molecule has 3 heterocycles. The van der Waals surface area contributed by atoms with E-state index in [-0.39, 0.29) is 5.91 Å². The molecule has 0 saturated carbocycles. The Balaban J connectivity index is 1.97. The van der Waals surface area contributed by atoms with Gasteiger partial charge in [0.1, 0.15) is 11.6 Å². The predicted octanol–water partition coefficient (Wildman–Crippen LogP) is 0.480. The van der Waals surface area contributed by atoms with E-state index < -0.39 is 15.6 Å². The smallest absolute Gasteiger partial charge is 0.281 e. The molecule has 1 aromatic rings. The fourth-order valence-corrected chi connectivity index (χ4v) is 5.13. The molecule has 1 atom stereocenters. The Hall–Kier alpha value is -1.62. The number of anilines is 1. The average Bonchev–Trinajstić information content (AvgIpc) is 2.96. The molecular weight excluding hydrogens is 382 g/mol. The quantitative estimate of drug-likeness (QED) is 0.676. The SMILES string of the molecule is COCCN1C(=O)Cc2c(C)nc([C@@]3(C)CCCN(S(=O)(=O)N(C)C)C3)nc21. The zero-order valence-corrected chi connectivity index (χ0v) is 18.0. The number of carbonyl (C=O) groups excluding carboxylic acids is 1. The summed E-state index contributed by atoms with van der Waals surface area (Å²) in [6.07, 6.45) is 1.81. The third-order valence-corrected chi connectivity index (χ3v) is 7.47. The molecule has 0 N–H and O–H groups in total. The van der Waals surface area contributed by atoms with E-state index in [1.807, 2.05) is 13.8 Å². The maximum atomic E-state index is 12.6. The number of fused-ring (bicyclic) bond motifs is 1. The van der Waals surface area contributed by atoms with Crippen LogP contribution in [-0.4, -0.2) is 80.3 Å². The van der Waals surface area contributed by atoms with E-state index in [0.717, 1.165) is 24.1 Å². The Morgan fingerprint density at radius 3 is 2.64 bits per heavy atom. The number of piperidine rings is 1. The second-order valence-electron chi connectivity index (χ2n) is 7.94. The van der Waals surface area contributed by atoms with Crippen LogP contribution in [0.3, 0.4) is 0 Å². The van der Waals surface area contributed by atoms with Crippen molar-refractivity contribution < 1.29 is 17.9 Å². The number of aromatic nitrogens is 2. The van der Waals surface area contributed by atoms with E-state index in [9.17, 15) is 13.2 Å². The number of hydrogen-bond donors (Lipinski definition) is 0. The highest BCUT2D eigenvalue weighted by Gasteiger charge is 2.42. The van der Waals surface area contributed by atoms with Crippen molar-refractivity contribution in [3.8, 4) is 0 Å². The third kappa shape index (κ3) is 3.66. The zero-order valence-electron chi connectivity index (χ0n) is 17.2. The van der Waals surface area contributed by atoms with E-state index in [1.165, 1.54) is 22.7 Å². The Labute approximate surface area is 166 Å². The lowest BCUT2D eigenvalue weighted by Crippen LogP contribution is -2.51. The van der Waals surface area contributed by atoms with Gasteiger partial charge in [-0.2, -0.15) is 17.0 Å². The lowest BCUT2D eigenvalue weighted by atomic mass is 9.81. The van der Waals surface area contributed by atoms with Crippen LogP contribution in [0, 0.1) is 6.92 Å². The lowest BCUT2D eigenvalue weighted by Gasteiger charge is -2.39. The van der Waals surface area contributed by atoms with Crippen LogP contribution in [-0.2, 0) is 31.6 Å². The zero-order chi connectivity index (χ0) is 20.7. The van der Waals surface area contributed by atoms with Crippen LogP contribution in [0.5, 0.6) is 0 Å². The molecule has 0 unspecified atom stereocenters. The number of methoxy groups -OCH3 is 1. The summed E-state index contributed by atoms with van der Waals surface area (Å²) in [6, 6.07) is 0. The number of ether oxygens (including phenoxy) is 1. The van der Waals surface area contributed by atoms with Gasteiger partial charge >= 0.3 is 0 Å². The molecule has 156 valence electrons. The van der Waals surface area contributed by atoms with Crippen molar-refractivity contribution in [2.24, 2.45) is 0 Å². The van der Waals surface area contributed by atoms with Crippen molar-refractivity contribution >= 4 is 21.9 Å². The van der Waals surface area contributed by atoms with E-state index in [1.54, 1.807) is 12.0 Å². The van der Waals surface area contributed by atoms with Crippen molar-refractivity contribution in [3.63, 3.8) is 0 Å². The number of nitrogens with zero attached hydrogens (tertiary/aromatic N) is 5. The van der Waals surface area contributed by atoms with Gasteiger partial charge < -0.3 is 4.74 Å². The minimum absolute atomic E-state index is 0.00721. The van der Waals surface area contributed by atoms with Crippen molar-refractivity contribution in [2.75, 3.05) is 52.3 Å². The van der Waals surface area contributed by atoms with Gasteiger partial charge in [0, 0.05) is 51.0 Å². The minimum Gasteiger partial charge on any atom is -0.383 e. The summed E-state index contributed by atoms with van der Waals surface area (Å²) >= 11 is 0. The molecule has 1 amide bonds. The van der Waals surface area contributed by atoms with Crippen LogP contribution in [0.15, 0.2) is 0 Å². The Bertz CT molecular complexity index is 873. The highest BCUT2D eigenvalue weighted by Crippen LogP contribution is 2.36. The number of aryl methyl sites for hydroxylation is 1. The first-order chi connectivity index (χ1) is 13.1. The van der Waals surface area contributed by atoms with Crippen LogP contribution < -0.4 is 4.90 Å². The summed E-state index contributed by atoms with van der Waals surface area (Å²) in [6.45, 7) is 5.56. The van der Waals surface area contributed by atoms with Gasteiger partial charge in [0.15, 0.2) is 0 Å². The normalized spacial score (nSPS) is 23.5. The molecule has 2 aliphatic rings. The molecule has 1 fully saturated rings. The van der Waals surface area contributed by atoms with Crippen LogP contribution in [0.2, 0.25) is 0 Å². The van der Waals surface area contributed by atoms with Gasteiger partial charge in [-0.1, -0.05) is 6.92 Å². The van der Waals surface area contributed by atoms with E-state index in [0.29, 0.717) is 44.3 Å². The molecule has 0 bridgehead atoms. The Morgan fingerprint density at radius 2 is 2.00 bits per heavy atom. The van der Waals surface area contributed by atoms with Crippen molar-refractivity contribution in [1.29, 1.82) is 0 Å².